The van der Waals surface area contributed by atoms with Crippen LogP contribution in [0.5, 0.6) is 0 Å². The second-order valence-corrected chi connectivity index (χ2v) is 9.13. The summed E-state index contributed by atoms with van der Waals surface area (Å²) in [5, 5.41) is 0. The first-order valence-electron chi connectivity index (χ1n) is 10.3. The van der Waals surface area contributed by atoms with E-state index in [4.69, 9.17) is 9.47 Å². The van der Waals surface area contributed by atoms with Gasteiger partial charge in [0.1, 0.15) is 0 Å². The highest BCUT2D eigenvalue weighted by atomic mass is 32.2. The summed E-state index contributed by atoms with van der Waals surface area (Å²) in [6.07, 6.45) is 5.84. The number of sulfonamides is 1. The predicted octanol–water partition coefficient (Wildman–Crippen LogP) is 2.48. The van der Waals surface area contributed by atoms with Crippen LogP contribution in [-0.4, -0.2) is 68.7 Å². The van der Waals surface area contributed by atoms with Crippen LogP contribution in [0.2, 0.25) is 0 Å². The number of ether oxygens (including phenoxy) is 2. The van der Waals surface area contributed by atoms with Crippen molar-refractivity contribution in [3.63, 3.8) is 0 Å². The minimum Gasteiger partial charge on any atom is -0.348 e. The summed E-state index contributed by atoms with van der Waals surface area (Å²) in [5.74, 6) is -0.0753. The Hall–Kier alpha value is -1.74. The Morgan fingerprint density at radius 1 is 1.14 bits per heavy atom. The highest BCUT2D eigenvalue weighted by Crippen LogP contribution is 2.25. The van der Waals surface area contributed by atoms with E-state index in [1.54, 1.807) is 36.4 Å². The van der Waals surface area contributed by atoms with E-state index in [9.17, 15) is 13.2 Å². The Morgan fingerprint density at radius 3 is 2.41 bits per heavy atom. The monoisotopic (exact) mass is 422 g/mol. The molecule has 0 bridgehead atoms. The average molecular weight is 423 g/mol. The van der Waals surface area contributed by atoms with E-state index in [1.807, 2.05) is 18.7 Å². The van der Waals surface area contributed by atoms with Gasteiger partial charge in [-0.15, -0.1) is 0 Å². The lowest BCUT2D eigenvalue weighted by molar-refractivity contribution is -0.145. The molecule has 160 valence electrons. The maximum atomic E-state index is 12.8. The van der Waals surface area contributed by atoms with Crippen molar-refractivity contribution in [2.75, 3.05) is 32.8 Å². The Labute approximate surface area is 173 Å². The van der Waals surface area contributed by atoms with E-state index in [1.165, 1.54) is 4.31 Å². The van der Waals surface area contributed by atoms with Gasteiger partial charge in [0.25, 0.3) is 0 Å². The molecule has 2 heterocycles. The molecule has 2 aliphatic rings. The number of amides is 1. The van der Waals surface area contributed by atoms with Gasteiger partial charge in [0.15, 0.2) is 6.29 Å². The summed E-state index contributed by atoms with van der Waals surface area (Å²) in [4.78, 5) is 14.8. The molecule has 0 N–H and O–H groups in total. The van der Waals surface area contributed by atoms with Crippen LogP contribution in [0.4, 0.5) is 0 Å². The van der Waals surface area contributed by atoms with Gasteiger partial charge in [0.2, 0.25) is 15.9 Å². The fourth-order valence-electron chi connectivity index (χ4n) is 3.84. The molecule has 0 radical (unpaired) electrons. The fourth-order valence-corrected chi connectivity index (χ4v) is 5.30. The molecule has 1 aromatic carbocycles. The van der Waals surface area contributed by atoms with Crippen molar-refractivity contribution in [3.8, 4) is 0 Å². The molecular formula is C21H30N2O5S. The van der Waals surface area contributed by atoms with Gasteiger partial charge >= 0.3 is 0 Å². The topological polar surface area (TPSA) is 76.2 Å². The van der Waals surface area contributed by atoms with E-state index in [-0.39, 0.29) is 23.1 Å². The van der Waals surface area contributed by atoms with Gasteiger partial charge in [-0.3, -0.25) is 4.79 Å². The number of carbonyl (C=O) groups is 1. The summed E-state index contributed by atoms with van der Waals surface area (Å²) in [6, 6.07) is 6.56. The van der Waals surface area contributed by atoms with Crippen molar-refractivity contribution in [1.82, 2.24) is 9.21 Å². The average Bonchev–Trinajstić information content (AvgIpc) is 3.28. The molecular weight excluding hydrogens is 392 g/mol. The van der Waals surface area contributed by atoms with E-state index in [0.717, 1.165) is 24.8 Å². The first-order valence-corrected chi connectivity index (χ1v) is 11.7. The minimum absolute atomic E-state index is 0.0509. The van der Waals surface area contributed by atoms with E-state index >= 15 is 0 Å². The standard InChI is InChI=1S/C21H30N2O5S/c1-3-22(4-2)29(25,26)18-11-8-17(9-12-18)10-13-20(24)23-14-6-5-7-19(23)21-27-15-16-28-21/h8-13,19,21H,3-7,14-16H2,1-2H3/b13-10+/t19-/m1/s1. The molecule has 0 spiro atoms. The Balaban J connectivity index is 1.68. The molecule has 1 aromatic rings. The highest BCUT2D eigenvalue weighted by Gasteiger charge is 2.35. The van der Waals surface area contributed by atoms with Crippen molar-refractivity contribution in [3.05, 3.63) is 35.9 Å². The predicted molar refractivity (Wildman–Crippen MR) is 111 cm³/mol. The molecule has 1 amide bonds. The van der Waals surface area contributed by atoms with Crippen LogP contribution in [0, 0.1) is 0 Å². The molecule has 2 fully saturated rings. The molecule has 7 nitrogen and oxygen atoms in total. The molecule has 1 atom stereocenters. The van der Waals surface area contributed by atoms with Crippen molar-refractivity contribution in [1.29, 1.82) is 0 Å². The summed E-state index contributed by atoms with van der Waals surface area (Å²) in [7, 11) is -3.48. The van der Waals surface area contributed by atoms with Crippen LogP contribution in [0.15, 0.2) is 35.2 Å². The van der Waals surface area contributed by atoms with E-state index < -0.39 is 10.0 Å². The smallest absolute Gasteiger partial charge is 0.246 e. The van der Waals surface area contributed by atoms with Crippen LogP contribution in [-0.2, 0) is 24.3 Å². The molecule has 3 rings (SSSR count). The van der Waals surface area contributed by atoms with Crippen LogP contribution in [0.1, 0.15) is 38.7 Å². The van der Waals surface area contributed by atoms with Crippen LogP contribution in [0.25, 0.3) is 6.08 Å². The Kier molecular flexibility index (Phi) is 7.45. The summed E-state index contributed by atoms with van der Waals surface area (Å²) in [6.45, 7) is 6.33. The first kappa shape index (κ1) is 22.0. The largest absolute Gasteiger partial charge is 0.348 e. The highest BCUT2D eigenvalue weighted by molar-refractivity contribution is 7.89. The third-order valence-corrected chi connectivity index (χ3v) is 7.50. The minimum atomic E-state index is -3.48. The van der Waals surface area contributed by atoms with Crippen LogP contribution in [0.3, 0.4) is 0 Å². The number of carbonyl (C=O) groups excluding carboxylic acids is 1. The van der Waals surface area contributed by atoms with Gasteiger partial charge in [-0.1, -0.05) is 26.0 Å². The number of hydrogen-bond donors (Lipinski definition) is 0. The third-order valence-electron chi connectivity index (χ3n) is 5.44. The van der Waals surface area contributed by atoms with E-state index in [2.05, 4.69) is 0 Å². The van der Waals surface area contributed by atoms with Crippen LogP contribution < -0.4 is 0 Å². The molecule has 2 aliphatic heterocycles. The number of likely N-dealkylation sites (tertiary alicyclic amines) is 1. The summed E-state index contributed by atoms with van der Waals surface area (Å²) >= 11 is 0. The summed E-state index contributed by atoms with van der Waals surface area (Å²) in [5.41, 5.74) is 0.777. The van der Waals surface area contributed by atoms with Gasteiger partial charge in [-0.25, -0.2) is 8.42 Å². The van der Waals surface area contributed by atoms with Crippen LogP contribution >= 0.6 is 0 Å². The van der Waals surface area contributed by atoms with Crippen molar-refractivity contribution in [2.24, 2.45) is 0 Å². The second-order valence-electron chi connectivity index (χ2n) is 7.20. The zero-order valence-corrected chi connectivity index (χ0v) is 17.9. The molecule has 0 unspecified atom stereocenters. The molecule has 29 heavy (non-hydrogen) atoms. The number of nitrogens with zero attached hydrogens (tertiary/aromatic N) is 2. The maximum Gasteiger partial charge on any atom is 0.246 e. The van der Waals surface area contributed by atoms with Gasteiger partial charge in [0.05, 0.1) is 24.2 Å². The quantitative estimate of drug-likeness (QED) is 0.631. The maximum absolute atomic E-state index is 12.8. The van der Waals surface area contributed by atoms with Gasteiger partial charge < -0.3 is 14.4 Å². The lowest BCUT2D eigenvalue weighted by atomic mass is 10.0. The molecule has 0 saturated carbocycles. The fraction of sp³-hybridized carbons (Fsp3) is 0.571. The zero-order valence-electron chi connectivity index (χ0n) is 17.1. The van der Waals surface area contributed by atoms with E-state index in [0.29, 0.717) is 32.8 Å². The third kappa shape index (κ3) is 5.06. The number of rotatable bonds is 7. The molecule has 2 saturated heterocycles. The Morgan fingerprint density at radius 2 is 1.79 bits per heavy atom. The normalized spacial score (nSPS) is 21.3. The molecule has 0 aliphatic carbocycles. The van der Waals surface area contributed by atoms with Crippen molar-refractivity contribution < 1.29 is 22.7 Å². The van der Waals surface area contributed by atoms with Crippen molar-refractivity contribution >= 4 is 22.0 Å². The number of benzene rings is 1. The van der Waals surface area contributed by atoms with Gasteiger partial charge in [-0.2, -0.15) is 4.31 Å². The SMILES string of the molecule is CCN(CC)S(=O)(=O)c1ccc(/C=C/C(=O)N2CCCC[C@@H]2C2OCCO2)cc1. The van der Waals surface area contributed by atoms with Gasteiger partial charge in [-0.05, 0) is 43.0 Å². The lowest BCUT2D eigenvalue weighted by Gasteiger charge is -2.37. The zero-order chi connectivity index (χ0) is 20.9. The summed E-state index contributed by atoms with van der Waals surface area (Å²) < 4.78 is 37.8. The van der Waals surface area contributed by atoms with Gasteiger partial charge in [0, 0.05) is 25.7 Å². The number of piperidine rings is 1. The second kappa shape index (κ2) is 9.84. The number of hydrogen-bond acceptors (Lipinski definition) is 5. The Bertz CT molecular complexity index is 812. The first-order chi connectivity index (χ1) is 14.0. The lowest BCUT2D eigenvalue weighted by Crippen LogP contribution is -2.49. The van der Waals surface area contributed by atoms with Crippen molar-refractivity contribution in [2.45, 2.75) is 50.3 Å². The molecule has 8 heteroatoms. The molecule has 0 aromatic heterocycles.